The Labute approximate surface area is 189 Å². The van der Waals surface area contributed by atoms with Crippen LogP contribution in [0.3, 0.4) is 0 Å². The number of anilines is 1. The highest BCUT2D eigenvalue weighted by Gasteiger charge is 2.20. The second-order valence-electron chi connectivity index (χ2n) is 8.68. The Hall–Kier alpha value is -3.60. The first-order valence-corrected chi connectivity index (χ1v) is 10.8. The van der Waals surface area contributed by atoms with Crippen molar-refractivity contribution in [3.63, 3.8) is 0 Å². The Balaban J connectivity index is 1.65. The van der Waals surface area contributed by atoms with Crippen molar-refractivity contribution in [2.75, 3.05) is 5.32 Å². The lowest BCUT2D eigenvalue weighted by Gasteiger charge is -2.21. The number of rotatable bonds is 7. The van der Waals surface area contributed by atoms with E-state index in [-0.39, 0.29) is 17.4 Å². The van der Waals surface area contributed by atoms with Crippen molar-refractivity contribution < 1.29 is 14.3 Å². The normalized spacial score (nSPS) is 12.0. The van der Waals surface area contributed by atoms with Gasteiger partial charge in [-0.3, -0.25) is 9.59 Å². The summed E-state index contributed by atoms with van der Waals surface area (Å²) >= 11 is 0. The standard InChI is InChI=1S/C27H30N2O3/c1-5-24(32-23-16-14-20(15-17-23)19-10-7-6-8-11-19)26(31)28-22-13-9-12-21(18-22)25(30)29-27(2,3)4/h6-18,24H,5H2,1-4H3,(H,28,31)(H,29,30). The molecule has 5 heteroatoms. The zero-order chi connectivity index (χ0) is 23.1. The maximum Gasteiger partial charge on any atom is 0.265 e. The van der Waals surface area contributed by atoms with Crippen molar-refractivity contribution >= 4 is 17.5 Å². The van der Waals surface area contributed by atoms with Crippen LogP contribution in [0, 0.1) is 0 Å². The Kier molecular flexibility index (Phi) is 7.31. The molecular formula is C27H30N2O3. The molecule has 166 valence electrons. The molecule has 0 aliphatic heterocycles. The van der Waals surface area contributed by atoms with Gasteiger partial charge in [0, 0.05) is 16.8 Å². The van der Waals surface area contributed by atoms with Crippen LogP contribution in [0.25, 0.3) is 11.1 Å². The Morgan fingerprint density at radius 3 is 2.16 bits per heavy atom. The smallest absolute Gasteiger partial charge is 0.265 e. The van der Waals surface area contributed by atoms with E-state index in [0.717, 1.165) is 11.1 Å². The molecule has 0 saturated carbocycles. The summed E-state index contributed by atoms with van der Waals surface area (Å²) in [7, 11) is 0. The lowest BCUT2D eigenvalue weighted by Crippen LogP contribution is -2.40. The second-order valence-corrected chi connectivity index (χ2v) is 8.68. The molecule has 3 rings (SSSR count). The molecule has 0 bridgehead atoms. The number of hydrogen-bond acceptors (Lipinski definition) is 3. The van der Waals surface area contributed by atoms with Gasteiger partial charge in [0.15, 0.2) is 6.10 Å². The van der Waals surface area contributed by atoms with E-state index < -0.39 is 6.10 Å². The van der Waals surface area contributed by atoms with E-state index in [1.807, 2.05) is 82.3 Å². The number of hydrogen-bond donors (Lipinski definition) is 2. The van der Waals surface area contributed by atoms with Gasteiger partial charge in [-0.2, -0.15) is 0 Å². The molecule has 0 aliphatic carbocycles. The molecule has 32 heavy (non-hydrogen) atoms. The van der Waals surface area contributed by atoms with Crippen molar-refractivity contribution in [3.8, 4) is 16.9 Å². The number of nitrogens with one attached hydrogen (secondary N) is 2. The highest BCUT2D eigenvalue weighted by molar-refractivity contribution is 5.98. The third kappa shape index (κ3) is 6.45. The lowest BCUT2D eigenvalue weighted by molar-refractivity contribution is -0.122. The van der Waals surface area contributed by atoms with E-state index in [0.29, 0.717) is 23.4 Å². The molecule has 0 radical (unpaired) electrons. The van der Waals surface area contributed by atoms with E-state index in [9.17, 15) is 9.59 Å². The van der Waals surface area contributed by atoms with E-state index in [1.165, 1.54) is 0 Å². The molecule has 0 aromatic heterocycles. The fourth-order valence-electron chi connectivity index (χ4n) is 3.22. The second kappa shape index (κ2) is 10.1. The fourth-order valence-corrected chi connectivity index (χ4v) is 3.22. The van der Waals surface area contributed by atoms with Gasteiger partial charge in [-0.15, -0.1) is 0 Å². The van der Waals surface area contributed by atoms with Crippen LogP contribution in [0.15, 0.2) is 78.9 Å². The topological polar surface area (TPSA) is 67.4 Å². The van der Waals surface area contributed by atoms with Crippen LogP contribution in [-0.4, -0.2) is 23.5 Å². The van der Waals surface area contributed by atoms with Crippen LogP contribution in [0.4, 0.5) is 5.69 Å². The van der Waals surface area contributed by atoms with Gasteiger partial charge in [0.2, 0.25) is 0 Å². The summed E-state index contributed by atoms with van der Waals surface area (Å²) in [5, 5.41) is 5.79. The summed E-state index contributed by atoms with van der Waals surface area (Å²) in [6.45, 7) is 7.67. The van der Waals surface area contributed by atoms with Crippen LogP contribution >= 0.6 is 0 Å². The number of carbonyl (C=O) groups is 2. The number of amides is 2. The highest BCUT2D eigenvalue weighted by atomic mass is 16.5. The van der Waals surface area contributed by atoms with Gasteiger partial charge in [0.1, 0.15) is 5.75 Å². The average molecular weight is 431 g/mol. The molecule has 0 fully saturated rings. The largest absolute Gasteiger partial charge is 0.481 e. The monoisotopic (exact) mass is 430 g/mol. The summed E-state index contributed by atoms with van der Waals surface area (Å²) in [4.78, 5) is 25.2. The molecule has 1 atom stereocenters. The van der Waals surface area contributed by atoms with Crippen LogP contribution in [-0.2, 0) is 4.79 Å². The SMILES string of the molecule is CCC(Oc1ccc(-c2ccccc2)cc1)C(=O)Nc1cccc(C(=O)NC(C)(C)C)c1. The summed E-state index contributed by atoms with van der Waals surface area (Å²) in [5.74, 6) is 0.188. The van der Waals surface area contributed by atoms with Crippen molar-refractivity contribution in [1.29, 1.82) is 0 Å². The zero-order valence-corrected chi connectivity index (χ0v) is 19.0. The first-order chi connectivity index (χ1) is 15.2. The molecule has 1 unspecified atom stereocenters. The zero-order valence-electron chi connectivity index (χ0n) is 19.0. The molecule has 0 spiro atoms. The van der Waals surface area contributed by atoms with Gasteiger partial charge in [0.25, 0.3) is 11.8 Å². The number of ether oxygens (including phenoxy) is 1. The van der Waals surface area contributed by atoms with E-state index in [4.69, 9.17) is 4.74 Å². The quantitative estimate of drug-likeness (QED) is 0.507. The minimum atomic E-state index is -0.648. The molecule has 0 saturated heterocycles. The van der Waals surface area contributed by atoms with Crippen molar-refractivity contribution in [2.45, 2.75) is 45.8 Å². The van der Waals surface area contributed by atoms with Crippen molar-refractivity contribution in [2.24, 2.45) is 0 Å². The molecule has 2 N–H and O–H groups in total. The van der Waals surface area contributed by atoms with E-state index >= 15 is 0 Å². The lowest BCUT2D eigenvalue weighted by atomic mass is 10.1. The Morgan fingerprint density at radius 2 is 1.53 bits per heavy atom. The Bertz CT molecular complexity index is 1050. The van der Waals surface area contributed by atoms with Crippen LogP contribution in [0.5, 0.6) is 5.75 Å². The van der Waals surface area contributed by atoms with E-state index in [2.05, 4.69) is 10.6 Å². The minimum Gasteiger partial charge on any atom is -0.481 e. The van der Waals surface area contributed by atoms with E-state index in [1.54, 1.807) is 24.3 Å². The predicted molar refractivity (Wildman–Crippen MR) is 129 cm³/mol. The molecule has 0 heterocycles. The maximum atomic E-state index is 12.8. The van der Waals surface area contributed by atoms with Gasteiger partial charge in [-0.25, -0.2) is 0 Å². The van der Waals surface area contributed by atoms with Gasteiger partial charge in [-0.1, -0.05) is 55.5 Å². The van der Waals surface area contributed by atoms with Gasteiger partial charge < -0.3 is 15.4 Å². The molecule has 5 nitrogen and oxygen atoms in total. The maximum absolute atomic E-state index is 12.8. The van der Waals surface area contributed by atoms with Crippen LogP contribution in [0.1, 0.15) is 44.5 Å². The summed E-state index contributed by atoms with van der Waals surface area (Å²) in [6.07, 6.45) is -0.138. The van der Waals surface area contributed by atoms with Gasteiger partial charge in [0.05, 0.1) is 0 Å². The molecule has 3 aromatic carbocycles. The number of benzene rings is 3. The highest BCUT2D eigenvalue weighted by Crippen LogP contribution is 2.23. The van der Waals surface area contributed by atoms with Gasteiger partial charge in [-0.05, 0) is 68.7 Å². The van der Waals surface area contributed by atoms with Crippen LogP contribution in [0.2, 0.25) is 0 Å². The molecule has 2 amide bonds. The average Bonchev–Trinajstić information content (AvgIpc) is 2.77. The first kappa shape index (κ1) is 23.1. The van der Waals surface area contributed by atoms with Crippen molar-refractivity contribution in [1.82, 2.24) is 5.32 Å². The molecule has 0 aliphatic rings. The third-order valence-corrected chi connectivity index (χ3v) is 4.78. The number of carbonyl (C=O) groups excluding carboxylic acids is 2. The summed E-state index contributed by atoms with van der Waals surface area (Å²) in [6, 6.07) is 24.7. The molecule has 3 aromatic rings. The van der Waals surface area contributed by atoms with Gasteiger partial charge >= 0.3 is 0 Å². The van der Waals surface area contributed by atoms with Crippen molar-refractivity contribution in [3.05, 3.63) is 84.4 Å². The Morgan fingerprint density at radius 1 is 0.875 bits per heavy atom. The molecular weight excluding hydrogens is 400 g/mol. The summed E-state index contributed by atoms with van der Waals surface area (Å²) < 4.78 is 5.94. The van der Waals surface area contributed by atoms with Crippen LogP contribution < -0.4 is 15.4 Å². The first-order valence-electron chi connectivity index (χ1n) is 10.8. The fraction of sp³-hybridized carbons (Fsp3) is 0.259. The predicted octanol–water partition coefficient (Wildman–Crippen LogP) is 5.68. The third-order valence-electron chi connectivity index (χ3n) is 4.78. The minimum absolute atomic E-state index is 0.185. The summed E-state index contributed by atoms with van der Waals surface area (Å²) in [5.41, 5.74) is 2.91.